The molecular formula is C15H26N4. The van der Waals surface area contributed by atoms with E-state index in [2.05, 4.69) is 40.1 Å². The van der Waals surface area contributed by atoms with Crippen LogP contribution in [0.5, 0.6) is 0 Å². The molecule has 106 valence electrons. The van der Waals surface area contributed by atoms with Gasteiger partial charge < -0.3 is 10.2 Å². The fourth-order valence-electron chi connectivity index (χ4n) is 2.74. The van der Waals surface area contributed by atoms with E-state index in [1.165, 1.54) is 19.3 Å². The quantitative estimate of drug-likeness (QED) is 0.854. The Balaban J connectivity index is 2.05. The van der Waals surface area contributed by atoms with Crippen molar-refractivity contribution in [1.29, 1.82) is 0 Å². The minimum absolute atomic E-state index is 0.840. The standard InChI is InChI=1S/C15H26N4/c1-4-6-13-7-9-19(11-13)15-10-14(16-8-5-2)17-12(3)18-15/h10,13H,4-9,11H2,1-3H3,(H,16,17,18). The van der Waals surface area contributed by atoms with Crippen LogP contribution in [-0.2, 0) is 0 Å². The predicted molar refractivity (Wildman–Crippen MR) is 80.8 cm³/mol. The summed E-state index contributed by atoms with van der Waals surface area (Å²) in [5.41, 5.74) is 0. The Labute approximate surface area is 116 Å². The molecule has 1 saturated heterocycles. The summed E-state index contributed by atoms with van der Waals surface area (Å²) in [6.07, 6.45) is 5.03. The molecule has 0 aliphatic carbocycles. The van der Waals surface area contributed by atoms with Crippen LogP contribution >= 0.6 is 0 Å². The third-order valence-corrected chi connectivity index (χ3v) is 3.69. The highest BCUT2D eigenvalue weighted by Gasteiger charge is 2.23. The van der Waals surface area contributed by atoms with Crippen LogP contribution in [0, 0.1) is 12.8 Å². The van der Waals surface area contributed by atoms with E-state index < -0.39 is 0 Å². The van der Waals surface area contributed by atoms with Crippen molar-refractivity contribution in [2.75, 3.05) is 29.9 Å². The molecule has 2 heterocycles. The third-order valence-electron chi connectivity index (χ3n) is 3.69. The molecule has 0 radical (unpaired) electrons. The van der Waals surface area contributed by atoms with Crippen molar-refractivity contribution in [3.05, 3.63) is 11.9 Å². The van der Waals surface area contributed by atoms with E-state index in [4.69, 9.17) is 0 Å². The van der Waals surface area contributed by atoms with Gasteiger partial charge in [0, 0.05) is 25.7 Å². The van der Waals surface area contributed by atoms with Crippen molar-refractivity contribution in [3.63, 3.8) is 0 Å². The second kappa shape index (κ2) is 6.73. The molecule has 0 aromatic carbocycles. The van der Waals surface area contributed by atoms with E-state index in [0.29, 0.717) is 0 Å². The molecule has 1 unspecified atom stereocenters. The Morgan fingerprint density at radius 1 is 1.32 bits per heavy atom. The molecule has 0 spiro atoms. The molecule has 0 amide bonds. The SMILES string of the molecule is CCCNc1cc(N2CCC(CCC)C2)nc(C)n1. The minimum Gasteiger partial charge on any atom is -0.370 e. The number of aromatic nitrogens is 2. The lowest BCUT2D eigenvalue weighted by atomic mass is 10.0. The van der Waals surface area contributed by atoms with Crippen LogP contribution in [0.4, 0.5) is 11.6 Å². The number of nitrogens with zero attached hydrogens (tertiary/aromatic N) is 3. The lowest BCUT2D eigenvalue weighted by Gasteiger charge is -2.19. The Hall–Kier alpha value is -1.32. The van der Waals surface area contributed by atoms with E-state index in [9.17, 15) is 0 Å². The summed E-state index contributed by atoms with van der Waals surface area (Å²) in [6.45, 7) is 9.66. The second-order valence-electron chi connectivity index (χ2n) is 5.47. The monoisotopic (exact) mass is 262 g/mol. The van der Waals surface area contributed by atoms with E-state index in [-0.39, 0.29) is 0 Å². The maximum absolute atomic E-state index is 4.59. The van der Waals surface area contributed by atoms with E-state index in [1.54, 1.807) is 0 Å². The molecule has 4 nitrogen and oxygen atoms in total. The van der Waals surface area contributed by atoms with Crippen LogP contribution in [0.3, 0.4) is 0 Å². The van der Waals surface area contributed by atoms with Gasteiger partial charge in [-0.05, 0) is 32.1 Å². The van der Waals surface area contributed by atoms with Gasteiger partial charge in [0.15, 0.2) is 0 Å². The van der Waals surface area contributed by atoms with Crippen LogP contribution in [0.2, 0.25) is 0 Å². The van der Waals surface area contributed by atoms with Crippen LogP contribution in [0.1, 0.15) is 45.4 Å². The van der Waals surface area contributed by atoms with Gasteiger partial charge in [0.1, 0.15) is 17.5 Å². The fraction of sp³-hybridized carbons (Fsp3) is 0.733. The zero-order valence-electron chi connectivity index (χ0n) is 12.4. The summed E-state index contributed by atoms with van der Waals surface area (Å²) in [4.78, 5) is 11.5. The molecule has 2 rings (SSSR count). The van der Waals surface area contributed by atoms with E-state index in [0.717, 1.165) is 49.4 Å². The van der Waals surface area contributed by atoms with Crippen molar-refractivity contribution in [1.82, 2.24) is 9.97 Å². The summed E-state index contributed by atoms with van der Waals surface area (Å²) >= 11 is 0. The van der Waals surface area contributed by atoms with Gasteiger partial charge in [-0.3, -0.25) is 0 Å². The Bertz CT molecular complexity index is 405. The average molecular weight is 262 g/mol. The van der Waals surface area contributed by atoms with Crippen molar-refractivity contribution >= 4 is 11.6 Å². The lowest BCUT2D eigenvalue weighted by Crippen LogP contribution is -2.21. The molecule has 19 heavy (non-hydrogen) atoms. The van der Waals surface area contributed by atoms with Gasteiger partial charge in [-0.1, -0.05) is 20.3 Å². The summed E-state index contributed by atoms with van der Waals surface area (Å²) in [5.74, 6) is 3.75. The van der Waals surface area contributed by atoms with Crippen LogP contribution < -0.4 is 10.2 Å². The van der Waals surface area contributed by atoms with Gasteiger partial charge in [-0.25, -0.2) is 9.97 Å². The first-order valence-corrected chi connectivity index (χ1v) is 7.57. The van der Waals surface area contributed by atoms with Gasteiger partial charge in [-0.2, -0.15) is 0 Å². The largest absolute Gasteiger partial charge is 0.370 e. The van der Waals surface area contributed by atoms with Gasteiger partial charge >= 0.3 is 0 Å². The molecule has 4 heteroatoms. The summed E-state index contributed by atoms with van der Waals surface area (Å²) in [7, 11) is 0. The van der Waals surface area contributed by atoms with Crippen molar-refractivity contribution < 1.29 is 0 Å². The maximum atomic E-state index is 4.59. The van der Waals surface area contributed by atoms with Gasteiger partial charge in [-0.15, -0.1) is 0 Å². The first-order valence-electron chi connectivity index (χ1n) is 7.57. The molecule has 0 bridgehead atoms. The van der Waals surface area contributed by atoms with E-state index >= 15 is 0 Å². The molecule has 0 saturated carbocycles. The van der Waals surface area contributed by atoms with Gasteiger partial charge in [0.2, 0.25) is 0 Å². The third kappa shape index (κ3) is 3.82. The Morgan fingerprint density at radius 3 is 2.89 bits per heavy atom. The van der Waals surface area contributed by atoms with Crippen molar-refractivity contribution in [2.24, 2.45) is 5.92 Å². The Morgan fingerprint density at radius 2 is 2.16 bits per heavy atom. The number of hydrogen-bond acceptors (Lipinski definition) is 4. The fourth-order valence-corrected chi connectivity index (χ4v) is 2.74. The smallest absolute Gasteiger partial charge is 0.134 e. The molecule has 1 fully saturated rings. The maximum Gasteiger partial charge on any atom is 0.134 e. The zero-order valence-corrected chi connectivity index (χ0v) is 12.4. The zero-order chi connectivity index (χ0) is 13.7. The minimum atomic E-state index is 0.840. The number of nitrogens with one attached hydrogen (secondary N) is 1. The van der Waals surface area contributed by atoms with Gasteiger partial charge in [0.25, 0.3) is 0 Å². The van der Waals surface area contributed by atoms with Gasteiger partial charge in [0.05, 0.1) is 0 Å². The molecular weight excluding hydrogens is 236 g/mol. The van der Waals surface area contributed by atoms with Crippen LogP contribution in [0.15, 0.2) is 6.07 Å². The lowest BCUT2D eigenvalue weighted by molar-refractivity contribution is 0.529. The highest BCUT2D eigenvalue weighted by Crippen LogP contribution is 2.26. The number of hydrogen-bond donors (Lipinski definition) is 1. The normalized spacial score (nSPS) is 18.9. The highest BCUT2D eigenvalue weighted by molar-refractivity contribution is 5.50. The number of anilines is 2. The van der Waals surface area contributed by atoms with Crippen LogP contribution in [0.25, 0.3) is 0 Å². The van der Waals surface area contributed by atoms with Crippen molar-refractivity contribution in [3.8, 4) is 0 Å². The first-order chi connectivity index (χ1) is 9.22. The summed E-state index contributed by atoms with van der Waals surface area (Å²) in [6, 6.07) is 2.09. The van der Waals surface area contributed by atoms with Crippen LogP contribution in [-0.4, -0.2) is 29.6 Å². The molecule has 1 aromatic rings. The number of aryl methyl sites for hydroxylation is 1. The molecule has 1 aliphatic rings. The predicted octanol–water partition coefficient (Wildman–Crippen LogP) is 3.23. The van der Waals surface area contributed by atoms with E-state index in [1.807, 2.05) is 6.92 Å². The molecule has 1 N–H and O–H groups in total. The topological polar surface area (TPSA) is 41.0 Å². The number of rotatable bonds is 6. The second-order valence-corrected chi connectivity index (χ2v) is 5.47. The average Bonchev–Trinajstić information content (AvgIpc) is 2.85. The molecule has 1 aromatic heterocycles. The Kier molecular flexibility index (Phi) is 5.00. The summed E-state index contributed by atoms with van der Waals surface area (Å²) in [5, 5.41) is 3.36. The molecule has 1 atom stereocenters. The highest BCUT2D eigenvalue weighted by atomic mass is 15.2. The first kappa shape index (κ1) is 14.1. The van der Waals surface area contributed by atoms with Crippen molar-refractivity contribution in [2.45, 2.75) is 46.5 Å². The summed E-state index contributed by atoms with van der Waals surface area (Å²) < 4.78 is 0. The molecule has 1 aliphatic heterocycles.